The standard InChI is InChI=1S/C14H21N5O2S/c1-10-13(21)19(15)14(18-17-10)22-9-12(20)16-8-7-11-5-3-2-4-6-11/h5H,2-4,6-9,15H2,1H3,(H,16,20). The van der Waals surface area contributed by atoms with Crippen LogP contribution in [-0.4, -0.2) is 33.1 Å². The first-order valence-electron chi connectivity index (χ1n) is 7.36. The van der Waals surface area contributed by atoms with Crippen molar-refractivity contribution >= 4 is 17.7 Å². The SMILES string of the molecule is Cc1nnc(SCC(=O)NCCC2=CCCCC2)n(N)c1=O. The normalized spacial score (nSPS) is 14.5. The zero-order valence-electron chi connectivity index (χ0n) is 12.7. The summed E-state index contributed by atoms with van der Waals surface area (Å²) in [4.78, 5) is 23.4. The molecule has 1 aromatic heterocycles. The Morgan fingerprint density at radius 3 is 3.00 bits per heavy atom. The van der Waals surface area contributed by atoms with Crippen LogP contribution >= 0.6 is 11.8 Å². The van der Waals surface area contributed by atoms with Crippen molar-refractivity contribution in [3.63, 3.8) is 0 Å². The van der Waals surface area contributed by atoms with Crippen LogP contribution in [-0.2, 0) is 4.79 Å². The molecule has 0 aliphatic heterocycles. The van der Waals surface area contributed by atoms with E-state index in [2.05, 4.69) is 21.6 Å². The van der Waals surface area contributed by atoms with E-state index >= 15 is 0 Å². The average Bonchev–Trinajstić information content (AvgIpc) is 2.53. The second-order valence-electron chi connectivity index (χ2n) is 5.24. The smallest absolute Gasteiger partial charge is 0.294 e. The van der Waals surface area contributed by atoms with E-state index in [0.29, 0.717) is 6.54 Å². The number of rotatable bonds is 6. The fraction of sp³-hybridized carbons (Fsp3) is 0.571. The Balaban J connectivity index is 1.75. The minimum Gasteiger partial charge on any atom is -0.355 e. The number of nitrogen functional groups attached to an aromatic ring is 1. The molecule has 0 fully saturated rings. The third-order valence-electron chi connectivity index (χ3n) is 3.51. The number of aryl methyl sites for hydroxylation is 1. The topological polar surface area (TPSA) is 103 Å². The first kappa shape index (κ1) is 16.5. The number of aromatic nitrogens is 3. The number of nitrogens with one attached hydrogen (secondary N) is 1. The van der Waals surface area contributed by atoms with Crippen LogP contribution in [0.5, 0.6) is 0 Å². The number of allylic oxidation sites excluding steroid dienone is 1. The third kappa shape index (κ3) is 4.59. The highest BCUT2D eigenvalue weighted by molar-refractivity contribution is 7.99. The van der Waals surface area contributed by atoms with Gasteiger partial charge in [0.15, 0.2) is 0 Å². The van der Waals surface area contributed by atoms with Gasteiger partial charge in [-0.2, -0.15) is 4.68 Å². The molecule has 1 heterocycles. The largest absolute Gasteiger partial charge is 0.355 e. The maximum Gasteiger partial charge on any atom is 0.294 e. The number of amides is 1. The Bertz CT molecular complexity index is 626. The molecule has 22 heavy (non-hydrogen) atoms. The molecule has 0 saturated carbocycles. The molecule has 0 unspecified atom stereocenters. The Morgan fingerprint density at radius 1 is 1.45 bits per heavy atom. The minimum atomic E-state index is -0.401. The van der Waals surface area contributed by atoms with E-state index in [1.165, 1.54) is 18.4 Å². The molecule has 0 bridgehead atoms. The van der Waals surface area contributed by atoms with Gasteiger partial charge in [-0.1, -0.05) is 23.4 Å². The van der Waals surface area contributed by atoms with Crippen LogP contribution in [0.15, 0.2) is 21.6 Å². The zero-order chi connectivity index (χ0) is 15.9. The van der Waals surface area contributed by atoms with Crippen LogP contribution in [0.3, 0.4) is 0 Å². The molecule has 0 radical (unpaired) electrons. The van der Waals surface area contributed by atoms with Gasteiger partial charge >= 0.3 is 0 Å². The highest BCUT2D eigenvalue weighted by Gasteiger charge is 2.10. The van der Waals surface area contributed by atoms with Gasteiger partial charge in [-0.05, 0) is 39.0 Å². The van der Waals surface area contributed by atoms with Crippen molar-refractivity contribution in [2.75, 3.05) is 18.1 Å². The molecule has 0 saturated heterocycles. The van der Waals surface area contributed by atoms with Crippen LogP contribution in [0.1, 0.15) is 37.8 Å². The summed E-state index contributed by atoms with van der Waals surface area (Å²) in [5.74, 6) is 5.67. The van der Waals surface area contributed by atoms with Crippen molar-refractivity contribution in [3.05, 3.63) is 27.7 Å². The fourth-order valence-corrected chi connectivity index (χ4v) is 2.93. The number of hydrogen-bond donors (Lipinski definition) is 2. The van der Waals surface area contributed by atoms with Crippen molar-refractivity contribution in [3.8, 4) is 0 Å². The summed E-state index contributed by atoms with van der Waals surface area (Å²) in [6.45, 7) is 2.18. The third-order valence-corrected chi connectivity index (χ3v) is 4.45. The molecule has 8 heteroatoms. The van der Waals surface area contributed by atoms with Gasteiger partial charge in [0, 0.05) is 6.54 Å². The van der Waals surface area contributed by atoms with Crippen molar-refractivity contribution in [1.82, 2.24) is 20.2 Å². The van der Waals surface area contributed by atoms with E-state index in [9.17, 15) is 9.59 Å². The summed E-state index contributed by atoms with van der Waals surface area (Å²) in [5, 5.41) is 10.6. The van der Waals surface area contributed by atoms with Crippen molar-refractivity contribution < 1.29 is 4.79 Å². The second-order valence-corrected chi connectivity index (χ2v) is 6.18. The van der Waals surface area contributed by atoms with Crippen molar-refractivity contribution in [2.24, 2.45) is 0 Å². The van der Waals surface area contributed by atoms with Gasteiger partial charge in [0.2, 0.25) is 11.1 Å². The molecule has 120 valence electrons. The molecule has 0 atom stereocenters. The predicted molar refractivity (Wildman–Crippen MR) is 86.1 cm³/mol. The summed E-state index contributed by atoms with van der Waals surface area (Å²) in [6, 6.07) is 0. The fourth-order valence-electron chi connectivity index (χ4n) is 2.24. The highest BCUT2D eigenvalue weighted by atomic mass is 32.2. The minimum absolute atomic E-state index is 0.101. The number of nitrogens with two attached hydrogens (primary N) is 1. The van der Waals surface area contributed by atoms with Gasteiger partial charge in [0.1, 0.15) is 5.69 Å². The Kier molecular flexibility index (Phi) is 6.00. The van der Waals surface area contributed by atoms with Crippen molar-refractivity contribution in [2.45, 2.75) is 44.2 Å². The maximum atomic E-state index is 11.8. The van der Waals surface area contributed by atoms with Crippen molar-refractivity contribution in [1.29, 1.82) is 0 Å². The molecular formula is C14H21N5O2S. The van der Waals surface area contributed by atoms with Crippen LogP contribution < -0.4 is 16.7 Å². The van der Waals surface area contributed by atoms with Crippen LogP contribution in [0, 0.1) is 6.92 Å². The molecule has 1 amide bonds. The second kappa shape index (κ2) is 7.98. The van der Waals surface area contributed by atoms with Crippen LogP contribution in [0.4, 0.5) is 0 Å². The van der Waals surface area contributed by atoms with Gasteiger partial charge in [-0.25, -0.2) is 0 Å². The summed E-state index contributed by atoms with van der Waals surface area (Å²) in [6.07, 6.45) is 7.99. The number of carbonyl (C=O) groups excluding carboxylic acids is 1. The van der Waals surface area contributed by atoms with Gasteiger partial charge < -0.3 is 11.2 Å². The lowest BCUT2D eigenvalue weighted by molar-refractivity contribution is -0.118. The van der Waals surface area contributed by atoms with E-state index < -0.39 is 5.56 Å². The molecule has 0 aromatic carbocycles. The molecule has 1 aromatic rings. The summed E-state index contributed by atoms with van der Waals surface area (Å²) < 4.78 is 0.924. The number of thioether (sulfide) groups is 1. The van der Waals surface area contributed by atoms with Crippen LogP contribution in [0.25, 0.3) is 0 Å². The summed E-state index contributed by atoms with van der Waals surface area (Å²) in [7, 11) is 0. The molecule has 7 nitrogen and oxygen atoms in total. The maximum absolute atomic E-state index is 11.8. The van der Waals surface area contributed by atoms with E-state index in [0.717, 1.165) is 35.7 Å². The van der Waals surface area contributed by atoms with E-state index in [4.69, 9.17) is 5.84 Å². The Hall–Kier alpha value is -1.83. The summed E-state index contributed by atoms with van der Waals surface area (Å²) in [5.41, 5.74) is 1.26. The van der Waals surface area contributed by atoms with E-state index in [1.54, 1.807) is 6.92 Å². The molecule has 0 spiro atoms. The first-order chi connectivity index (χ1) is 10.6. The quantitative estimate of drug-likeness (QED) is 0.455. The lowest BCUT2D eigenvalue weighted by atomic mass is 9.97. The number of nitrogens with zero attached hydrogens (tertiary/aromatic N) is 3. The molecular weight excluding hydrogens is 302 g/mol. The van der Waals surface area contributed by atoms with Gasteiger partial charge in [-0.3, -0.25) is 9.59 Å². The average molecular weight is 323 g/mol. The lowest BCUT2D eigenvalue weighted by Crippen LogP contribution is -2.33. The van der Waals surface area contributed by atoms with E-state index in [-0.39, 0.29) is 22.5 Å². The molecule has 1 aliphatic carbocycles. The number of hydrogen-bond acceptors (Lipinski definition) is 6. The first-order valence-corrected chi connectivity index (χ1v) is 8.35. The predicted octanol–water partition coefficient (Wildman–Crippen LogP) is 0.759. The van der Waals surface area contributed by atoms with Crippen LogP contribution in [0.2, 0.25) is 0 Å². The van der Waals surface area contributed by atoms with Gasteiger partial charge in [0.05, 0.1) is 5.75 Å². The monoisotopic (exact) mass is 323 g/mol. The van der Waals surface area contributed by atoms with Gasteiger partial charge in [-0.15, -0.1) is 10.2 Å². The Labute approximate surface area is 133 Å². The van der Waals surface area contributed by atoms with Gasteiger partial charge in [0.25, 0.3) is 5.56 Å². The summed E-state index contributed by atoms with van der Waals surface area (Å²) >= 11 is 1.10. The Morgan fingerprint density at radius 2 is 2.27 bits per heavy atom. The molecule has 3 N–H and O–H groups in total. The van der Waals surface area contributed by atoms with E-state index in [1.807, 2.05) is 0 Å². The lowest BCUT2D eigenvalue weighted by Gasteiger charge is -2.12. The molecule has 2 rings (SSSR count). The number of carbonyl (C=O) groups is 1. The zero-order valence-corrected chi connectivity index (χ0v) is 13.5. The highest BCUT2D eigenvalue weighted by Crippen LogP contribution is 2.19. The molecule has 1 aliphatic rings.